The molecule has 0 aromatic heterocycles. The van der Waals surface area contributed by atoms with Crippen LogP contribution in [0.5, 0.6) is 5.75 Å². The van der Waals surface area contributed by atoms with E-state index in [9.17, 15) is 13.2 Å². The summed E-state index contributed by atoms with van der Waals surface area (Å²) >= 11 is 3.10. The number of carbonyl (C=O) groups excluding carboxylic acids is 1. The first kappa shape index (κ1) is 13.3. The number of nitrogens with two attached hydrogens (primary N) is 1. The summed E-state index contributed by atoms with van der Waals surface area (Å²) in [6.45, 7) is -0.416. The van der Waals surface area contributed by atoms with E-state index in [1.54, 1.807) is 6.07 Å². The molecule has 0 unspecified atom stereocenters. The molecule has 16 heavy (non-hydrogen) atoms. The van der Waals surface area contributed by atoms with Gasteiger partial charge in [0.15, 0.2) is 6.61 Å². The van der Waals surface area contributed by atoms with Gasteiger partial charge in [-0.2, -0.15) is 0 Å². The Balaban J connectivity index is 3.13. The second-order valence-corrected chi connectivity index (χ2v) is 6.23. The monoisotopic (exact) mass is 327 g/mol. The lowest BCUT2D eigenvalue weighted by atomic mass is 10.3. The minimum atomic E-state index is -3.94. The van der Waals surface area contributed by atoms with E-state index in [4.69, 9.17) is 21.2 Å². The zero-order chi connectivity index (χ0) is 12.3. The average Bonchev–Trinajstić information content (AvgIpc) is 2.14. The molecule has 1 aromatic rings. The number of hydrogen-bond acceptors (Lipinski definition) is 4. The van der Waals surface area contributed by atoms with Gasteiger partial charge < -0.3 is 10.5 Å². The Hall–Kier alpha value is -0.790. The highest BCUT2D eigenvalue weighted by molar-refractivity contribution is 9.10. The number of primary amides is 1. The Morgan fingerprint density at radius 1 is 1.50 bits per heavy atom. The van der Waals surface area contributed by atoms with E-state index < -0.39 is 21.6 Å². The topological polar surface area (TPSA) is 86.5 Å². The van der Waals surface area contributed by atoms with Crippen LogP contribution in [-0.4, -0.2) is 20.9 Å². The molecule has 0 bridgehead atoms. The van der Waals surface area contributed by atoms with Gasteiger partial charge in [-0.25, -0.2) is 8.42 Å². The third-order valence-electron chi connectivity index (χ3n) is 1.54. The summed E-state index contributed by atoms with van der Waals surface area (Å²) in [5, 5.41) is 0. The van der Waals surface area contributed by atoms with Crippen molar-refractivity contribution in [3.8, 4) is 5.75 Å². The number of rotatable bonds is 4. The summed E-state index contributed by atoms with van der Waals surface area (Å²) in [5.74, 6) is -0.724. The molecule has 0 atom stereocenters. The van der Waals surface area contributed by atoms with Crippen LogP contribution in [0.15, 0.2) is 27.6 Å². The Kier molecular flexibility index (Phi) is 4.17. The molecule has 0 spiro atoms. The smallest absolute Gasteiger partial charge is 0.265 e. The van der Waals surface area contributed by atoms with Crippen LogP contribution in [0.1, 0.15) is 0 Å². The summed E-state index contributed by atoms with van der Waals surface area (Å²) in [7, 11) is 1.27. The van der Waals surface area contributed by atoms with E-state index in [1.807, 2.05) is 0 Å². The van der Waals surface area contributed by atoms with Crippen molar-refractivity contribution in [1.29, 1.82) is 0 Å². The summed E-state index contributed by atoms with van der Waals surface area (Å²) in [4.78, 5) is 10.3. The zero-order valence-electron chi connectivity index (χ0n) is 7.81. The Labute approximate surface area is 105 Å². The maximum atomic E-state index is 11.2. The van der Waals surface area contributed by atoms with Crippen molar-refractivity contribution in [2.24, 2.45) is 5.73 Å². The normalized spacial score (nSPS) is 11.1. The number of carbonyl (C=O) groups is 1. The van der Waals surface area contributed by atoms with E-state index in [0.717, 1.165) is 0 Å². The van der Waals surface area contributed by atoms with Gasteiger partial charge in [0.25, 0.3) is 15.0 Å². The number of halogens is 2. The molecule has 0 saturated heterocycles. The molecule has 1 rings (SSSR count). The van der Waals surface area contributed by atoms with Crippen LogP contribution in [0, 0.1) is 0 Å². The number of amides is 1. The first-order chi connectivity index (χ1) is 7.30. The maximum absolute atomic E-state index is 11.2. The van der Waals surface area contributed by atoms with Gasteiger partial charge in [-0.1, -0.05) is 15.9 Å². The number of ether oxygens (including phenoxy) is 1. The molecule has 0 aliphatic rings. The van der Waals surface area contributed by atoms with E-state index in [0.29, 0.717) is 4.47 Å². The zero-order valence-corrected chi connectivity index (χ0v) is 11.0. The SMILES string of the molecule is NC(=O)COc1ccc(Br)cc1S(=O)(=O)Cl. The van der Waals surface area contributed by atoms with Crippen LogP contribution in [0.2, 0.25) is 0 Å². The van der Waals surface area contributed by atoms with Gasteiger partial charge >= 0.3 is 0 Å². The van der Waals surface area contributed by atoms with Crippen LogP contribution in [0.4, 0.5) is 0 Å². The molecule has 0 aliphatic carbocycles. The van der Waals surface area contributed by atoms with Crippen LogP contribution < -0.4 is 10.5 Å². The van der Waals surface area contributed by atoms with Crippen LogP contribution in [0.25, 0.3) is 0 Å². The molecule has 88 valence electrons. The fraction of sp³-hybridized carbons (Fsp3) is 0.125. The van der Waals surface area contributed by atoms with Gasteiger partial charge in [0.2, 0.25) is 0 Å². The molecule has 0 heterocycles. The van der Waals surface area contributed by atoms with Crippen LogP contribution >= 0.6 is 26.6 Å². The van der Waals surface area contributed by atoms with Gasteiger partial charge in [0.05, 0.1) is 0 Å². The first-order valence-electron chi connectivity index (χ1n) is 3.96. The Bertz CT molecular complexity index is 517. The molecule has 1 amide bonds. The van der Waals surface area contributed by atoms with Crippen LogP contribution in [-0.2, 0) is 13.8 Å². The summed E-state index contributed by atoms with van der Waals surface area (Å²) in [6.07, 6.45) is 0. The minimum absolute atomic E-state index is 0.0167. The van der Waals surface area contributed by atoms with Gasteiger partial charge in [-0.15, -0.1) is 0 Å². The Morgan fingerprint density at radius 3 is 2.62 bits per heavy atom. The first-order valence-corrected chi connectivity index (χ1v) is 7.06. The second kappa shape index (κ2) is 5.03. The van der Waals surface area contributed by atoms with Crippen molar-refractivity contribution in [2.45, 2.75) is 4.90 Å². The molecule has 0 radical (unpaired) electrons. The molecule has 2 N–H and O–H groups in total. The molecule has 0 fully saturated rings. The quantitative estimate of drug-likeness (QED) is 0.843. The van der Waals surface area contributed by atoms with Gasteiger partial charge in [0, 0.05) is 15.2 Å². The molecule has 0 aliphatic heterocycles. The largest absolute Gasteiger partial charge is 0.482 e. The molecule has 8 heteroatoms. The standard InChI is InChI=1S/C8H7BrClNO4S/c9-5-1-2-6(15-4-8(11)12)7(3-5)16(10,13)14/h1-3H,4H2,(H2,11,12). The van der Waals surface area contributed by atoms with Crippen molar-refractivity contribution >= 4 is 41.6 Å². The van der Waals surface area contributed by atoms with E-state index in [-0.39, 0.29) is 10.6 Å². The molecule has 1 aromatic carbocycles. The maximum Gasteiger partial charge on any atom is 0.265 e. The molecule has 0 saturated carbocycles. The molecule has 5 nitrogen and oxygen atoms in total. The highest BCUT2D eigenvalue weighted by Crippen LogP contribution is 2.29. The van der Waals surface area contributed by atoms with Crippen molar-refractivity contribution in [1.82, 2.24) is 0 Å². The lowest BCUT2D eigenvalue weighted by Crippen LogP contribution is -2.20. The third kappa shape index (κ3) is 3.66. The van der Waals surface area contributed by atoms with Crippen molar-refractivity contribution in [3.05, 3.63) is 22.7 Å². The Morgan fingerprint density at radius 2 is 2.12 bits per heavy atom. The lowest BCUT2D eigenvalue weighted by molar-refractivity contribution is -0.120. The molecular formula is C8H7BrClNO4S. The number of benzene rings is 1. The fourth-order valence-corrected chi connectivity index (χ4v) is 2.45. The van der Waals surface area contributed by atoms with E-state index in [1.165, 1.54) is 12.1 Å². The summed E-state index contributed by atoms with van der Waals surface area (Å²) in [6, 6.07) is 4.21. The van der Waals surface area contributed by atoms with Gasteiger partial charge in [0.1, 0.15) is 10.6 Å². The third-order valence-corrected chi connectivity index (χ3v) is 3.37. The average molecular weight is 329 g/mol. The number of hydrogen-bond donors (Lipinski definition) is 1. The summed E-state index contributed by atoms with van der Waals surface area (Å²) < 4.78 is 27.8. The second-order valence-electron chi connectivity index (χ2n) is 2.78. The van der Waals surface area contributed by atoms with Crippen molar-refractivity contribution < 1.29 is 17.9 Å². The fourth-order valence-electron chi connectivity index (χ4n) is 0.941. The van der Waals surface area contributed by atoms with Gasteiger partial charge in [-0.05, 0) is 18.2 Å². The predicted molar refractivity (Wildman–Crippen MR) is 61.9 cm³/mol. The molecular weight excluding hydrogens is 322 g/mol. The van der Waals surface area contributed by atoms with E-state index in [2.05, 4.69) is 15.9 Å². The van der Waals surface area contributed by atoms with Crippen LogP contribution in [0.3, 0.4) is 0 Å². The van der Waals surface area contributed by atoms with E-state index >= 15 is 0 Å². The highest BCUT2D eigenvalue weighted by Gasteiger charge is 2.17. The van der Waals surface area contributed by atoms with Crippen molar-refractivity contribution in [2.75, 3.05) is 6.61 Å². The van der Waals surface area contributed by atoms with Gasteiger partial charge in [-0.3, -0.25) is 4.79 Å². The predicted octanol–water partition coefficient (Wildman–Crippen LogP) is 1.24. The summed E-state index contributed by atoms with van der Waals surface area (Å²) in [5.41, 5.74) is 4.87. The van der Waals surface area contributed by atoms with Crippen molar-refractivity contribution in [3.63, 3.8) is 0 Å². The lowest BCUT2D eigenvalue weighted by Gasteiger charge is -2.08. The minimum Gasteiger partial charge on any atom is -0.482 e. The highest BCUT2D eigenvalue weighted by atomic mass is 79.9.